The average Bonchev–Trinajstić information content (AvgIpc) is 3.88. The molecule has 15 heteroatoms. The third-order valence-corrected chi connectivity index (χ3v) is 12.5. The number of methoxy groups -OCH3 is 2. The predicted octanol–water partition coefficient (Wildman–Crippen LogP) is 7.49. The topological polar surface area (TPSA) is 175 Å². The molecule has 6 aromatic heterocycles. The summed E-state index contributed by atoms with van der Waals surface area (Å²) in [6, 6.07) is 20.4. The Morgan fingerprint density at radius 1 is 0.632 bits per heavy atom. The van der Waals surface area contributed by atoms with Crippen LogP contribution in [0.3, 0.4) is 0 Å². The van der Waals surface area contributed by atoms with Gasteiger partial charge < -0.3 is 25.1 Å². The molecule has 2 fully saturated rings. The van der Waals surface area contributed by atoms with Crippen LogP contribution in [0.25, 0.3) is 44.6 Å². The van der Waals surface area contributed by atoms with Crippen molar-refractivity contribution in [3.63, 3.8) is 0 Å². The maximum Gasteiger partial charge on any atom is 0.269 e. The first-order valence-electron chi connectivity index (χ1n) is 19.3. The van der Waals surface area contributed by atoms with Crippen LogP contribution in [0.1, 0.15) is 51.4 Å². The highest BCUT2D eigenvalue weighted by Crippen LogP contribution is 2.32. The van der Waals surface area contributed by atoms with Crippen molar-refractivity contribution in [3.05, 3.63) is 104 Å². The van der Waals surface area contributed by atoms with Crippen molar-refractivity contribution < 1.29 is 17.9 Å². The number of ether oxygens (including phenoxy) is 2. The van der Waals surface area contributed by atoms with Crippen molar-refractivity contribution in [1.82, 2.24) is 38.9 Å². The molecule has 294 valence electrons. The van der Waals surface area contributed by atoms with Crippen LogP contribution in [-0.4, -0.2) is 85.8 Å². The van der Waals surface area contributed by atoms with Gasteiger partial charge in [0, 0.05) is 85.4 Å². The first kappa shape index (κ1) is 38.1. The van der Waals surface area contributed by atoms with E-state index in [9.17, 15) is 8.42 Å². The molecule has 0 aliphatic heterocycles. The number of nitrogens with zero attached hydrogens (tertiary/aromatic N) is 7. The molecule has 7 aromatic rings. The minimum Gasteiger partial charge on any atom is -0.381 e. The normalized spacial score (nSPS) is 19.8. The van der Waals surface area contributed by atoms with E-state index in [1.165, 1.54) is 3.97 Å². The quantitative estimate of drug-likeness (QED) is 0.125. The number of pyridine rings is 2. The molecule has 14 nitrogen and oxygen atoms in total. The van der Waals surface area contributed by atoms with Crippen LogP contribution in [0.4, 0.5) is 11.9 Å². The largest absolute Gasteiger partial charge is 0.381 e. The Balaban J connectivity index is 0.000000168. The van der Waals surface area contributed by atoms with Gasteiger partial charge in [-0.2, -0.15) is 0 Å². The van der Waals surface area contributed by atoms with Crippen molar-refractivity contribution in [1.29, 1.82) is 0 Å². The molecule has 0 unspecified atom stereocenters. The summed E-state index contributed by atoms with van der Waals surface area (Å²) < 4.78 is 38.8. The molecule has 0 bridgehead atoms. The van der Waals surface area contributed by atoms with Crippen LogP contribution in [-0.2, 0) is 19.5 Å². The van der Waals surface area contributed by atoms with E-state index in [0.29, 0.717) is 52.4 Å². The van der Waals surface area contributed by atoms with Gasteiger partial charge in [0.15, 0.2) is 5.65 Å². The van der Waals surface area contributed by atoms with E-state index < -0.39 is 10.0 Å². The number of benzene rings is 1. The number of nitrogens with one attached hydrogen (secondary N) is 3. The van der Waals surface area contributed by atoms with Gasteiger partial charge in [-0.15, -0.1) is 0 Å². The van der Waals surface area contributed by atoms with Gasteiger partial charge >= 0.3 is 0 Å². The molecule has 2 aliphatic carbocycles. The van der Waals surface area contributed by atoms with E-state index >= 15 is 0 Å². The number of aromatic nitrogens is 8. The van der Waals surface area contributed by atoms with Crippen molar-refractivity contribution >= 4 is 44.0 Å². The van der Waals surface area contributed by atoms with Gasteiger partial charge in [0.05, 0.1) is 28.5 Å². The summed E-state index contributed by atoms with van der Waals surface area (Å²) in [6.45, 7) is 0. The number of hydrogen-bond acceptors (Lipinski definition) is 12. The molecule has 9 rings (SSSR count). The fraction of sp³-hybridized carbons (Fsp3) is 0.333. The van der Waals surface area contributed by atoms with Gasteiger partial charge in [-0.1, -0.05) is 18.2 Å². The number of H-pyrrole nitrogens is 1. The summed E-state index contributed by atoms with van der Waals surface area (Å²) in [7, 11) is -0.259. The van der Waals surface area contributed by atoms with Crippen LogP contribution in [0.2, 0.25) is 0 Å². The molecule has 0 radical (unpaired) electrons. The molecule has 0 saturated heterocycles. The predicted molar refractivity (Wildman–Crippen MR) is 220 cm³/mol. The van der Waals surface area contributed by atoms with Gasteiger partial charge in [-0.3, -0.25) is 0 Å². The van der Waals surface area contributed by atoms with Crippen molar-refractivity contribution in [3.8, 4) is 22.5 Å². The molecule has 0 amide bonds. The lowest BCUT2D eigenvalue weighted by atomic mass is 9.93. The van der Waals surface area contributed by atoms with Crippen LogP contribution in [0.5, 0.6) is 0 Å². The smallest absolute Gasteiger partial charge is 0.269 e. The third kappa shape index (κ3) is 8.50. The molecule has 6 heterocycles. The molecule has 0 atom stereocenters. The summed E-state index contributed by atoms with van der Waals surface area (Å²) in [6.07, 6.45) is 19.5. The van der Waals surface area contributed by atoms with E-state index in [-0.39, 0.29) is 10.9 Å². The Kier molecular flexibility index (Phi) is 11.5. The highest BCUT2D eigenvalue weighted by molar-refractivity contribution is 7.90. The van der Waals surface area contributed by atoms with Crippen LogP contribution < -0.4 is 10.6 Å². The molecular formula is C42H46N10O4S. The highest BCUT2D eigenvalue weighted by atomic mass is 32.2. The molecule has 1 aromatic carbocycles. The average molecular weight is 787 g/mol. The van der Waals surface area contributed by atoms with E-state index in [4.69, 9.17) is 19.4 Å². The van der Waals surface area contributed by atoms with Crippen molar-refractivity contribution in [2.45, 2.75) is 80.6 Å². The lowest BCUT2D eigenvalue weighted by Crippen LogP contribution is -2.29. The Bertz CT molecular complexity index is 2530. The Morgan fingerprint density at radius 2 is 1.19 bits per heavy atom. The summed E-state index contributed by atoms with van der Waals surface area (Å²) in [5.74, 6) is 1.22. The lowest BCUT2D eigenvalue weighted by Gasteiger charge is -2.28. The lowest BCUT2D eigenvalue weighted by molar-refractivity contribution is 0.0680. The van der Waals surface area contributed by atoms with Crippen LogP contribution in [0, 0.1) is 0 Å². The van der Waals surface area contributed by atoms with Gasteiger partial charge in [-0.25, -0.2) is 42.3 Å². The third-order valence-electron chi connectivity index (χ3n) is 10.8. The zero-order valence-electron chi connectivity index (χ0n) is 32.0. The number of hydrogen-bond donors (Lipinski definition) is 3. The molecule has 2 aliphatic rings. The van der Waals surface area contributed by atoms with Gasteiger partial charge in [0.25, 0.3) is 10.0 Å². The monoisotopic (exact) mass is 786 g/mol. The fourth-order valence-electron chi connectivity index (χ4n) is 7.70. The molecular weight excluding hydrogens is 741 g/mol. The first-order valence-corrected chi connectivity index (χ1v) is 20.8. The van der Waals surface area contributed by atoms with Gasteiger partial charge in [0.1, 0.15) is 5.65 Å². The maximum absolute atomic E-state index is 13.3. The second-order valence-corrected chi connectivity index (χ2v) is 16.2. The summed E-state index contributed by atoms with van der Waals surface area (Å²) in [5.41, 5.74) is 4.51. The van der Waals surface area contributed by atoms with Crippen LogP contribution >= 0.6 is 0 Å². The maximum atomic E-state index is 13.3. The van der Waals surface area contributed by atoms with Crippen molar-refractivity contribution in [2.24, 2.45) is 0 Å². The number of fused-ring (bicyclic) bond motifs is 2. The molecule has 2 saturated carbocycles. The molecule has 0 spiro atoms. The van der Waals surface area contributed by atoms with E-state index in [0.717, 1.165) is 73.7 Å². The van der Waals surface area contributed by atoms with E-state index in [2.05, 4.69) is 41.6 Å². The highest BCUT2D eigenvalue weighted by Gasteiger charge is 2.25. The second kappa shape index (κ2) is 17.2. The fourth-order valence-corrected chi connectivity index (χ4v) is 9.04. The second-order valence-electron chi connectivity index (χ2n) is 14.4. The minimum absolute atomic E-state index is 0.204. The zero-order valence-corrected chi connectivity index (χ0v) is 32.8. The Hall–Kier alpha value is -5.77. The van der Waals surface area contributed by atoms with E-state index in [1.807, 2.05) is 24.4 Å². The summed E-state index contributed by atoms with van der Waals surface area (Å²) in [4.78, 5) is 30.3. The summed E-state index contributed by atoms with van der Waals surface area (Å²) in [5, 5.41) is 8.68. The number of anilines is 2. The standard InChI is InChI=1S/C24H25N5O3S.C18H21N5O/c1-32-18-11-9-17(10-12-18)27-24-26-15-13-22(28-24)21-16-29(23-20(21)8-5-14-25-23)33(30,31)19-6-3-2-4-7-19;1-24-13-6-4-12(5-7-13)22-18-20-10-8-16(23-18)15-11-21-17-14(15)3-2-9-19-17/h2-8,13-18H,9-12H2,1H3,(H,26,27,28);2-3,8-13H,4-7H2,1H3,(H,19,21)(H,20,22,23). The first-order chi connectivity index (χ1) is 27.9. The molecule has 3 N–H and O–H groups in total. The summed E-state index contributed by atoms with van der Waals surface area (Å²) >= 11 is 0. The Labute approximate surface area is 331 Å². The number of aromatic amines is 1. The zero-order chi connectivity index (χ0) is 39.2. The molecule has 57 heavy (non-hydrogen) atoms. The van der Waals surface area contributed by atoms with Gasteiger partial charge in [0.2, 0.25) is 11.9 Å². The van der Waals surface area contributed by atoms with Crippen LogP contribution in [0.15, 0.2) is 109 Å². The van der Waals surface area contributed by atoms with E-state index in [1.54, 1.807) is 87.7 Å². The number of rotatable bonds is 10. The minimum atomic E-state index is -3.81. The van der Waals surface area contributed by atoms with Crippen molar-refractivity contribution in [2.75, 3.05) is 24.9 Å². The van der Waals surface area contributed by atoms with Gasteiger partial charge in [-0.05, 0) is 99.9 Å². The Morgan fingerprint density at radius 3 is 1.79 bits per heavy atom. The SMILES string of the molecule is COC1CCC(Nc2nccc(-c3c[nH]c4ncccc34)n2)CC1.COC1CCC(Nc2nccc(-c3cn(S(=O)(=O)c4ccccc4)c4ncccc34)n2)CC1.